The van der Waals surface area contributed by atoms with Crippen LogP contribution in [-0.2, 0) is 4.79 Å². The van der Waals surface area contributed by atoms with Crippen LogP contribution in [0, 0.1) is 23.2 Å². The van der Waals surface area contributed by atoms with Gasteiger partial charge in [0.25, 0.3) is 0 Å². The van der Waals surface area contributed by atoms with E-state index in [4.69, 9.17) is 0 Å². The molecule has 5 nitrogen and oxygen atoms in total. The van der Waals surface area contributed by atoms with Gasteiger partial charge in [0, 0.05) is 19.0 Å². The predicted octanol–water partition coefficient (Wildman–Crippen LogP) is -0.0337. The molecule has 4 fully saturated rings. The van der Waals surface area contributed by atoms with Crippen LogP contribution in [0.25, 0.3) is 0 Å². The fourth-order valence-electron chi connectivity index (χ4n) is 4.98. The summed E-state index contributed by atoms with van der Waals surface area (Å²) in [5, 5.41) is 23.0. The first kappa shape index (κ1) is 14.0. The van der Waals surface area contributed by atoms with Crippen molar-refractivity contribution < 1.29 is 15.0 Å². The predicted molar refractivity (Wildman–Crippen MR) is 77.5 cm³/mol. The lowest BCUT2D eigenvalue weighted by molar-refractivity contribution is -0.132. The van der Waals surface area contributed by atoms with Crippen molar-refractivity contribution in [1.29, 1.82) is 0 Å². The van der Waals surface area contributed by atoms with Gasteiger partial charge in [0.05, 0.1) is 12.2 Å². The summed E-state index contributed by atoms with van der Waals surface area (Å²) in [4.78, 5) is 14.8. The van der Waals surface area contributed by atoms with Crippen molar-refractivity contribution in [1.82, 2.24) is 10.2 Å². The molecular weight excluding hydrogens is 268 g/mol. The zero-order valence-corrected chi connectivity index (χ0v) is 12.5. The topological polar surface area (TPSA) is 72.8 Å². The van der Waals surface area contributed by atoms with Gasteiger partial charge in [0.1, 0.15) is 0 Å². The Labute approximate surface area is 125 Å². The van der Waals surface area contributed by atoms with Gasteiger partial charge in [-0.25, -0.2) is 0 Å². The SMILES string of the molecule is O=C(C1CC12CCNCC2)N1C[C@H]2C[C@H](O)[C@H](O)C[C@H]2C1. The highest BCUT2D eigenvalue weighted by molar-refractivity contribution is 5.83. The average molecular weight is 294 g/mol. The maximum absolute atomic E-state index is 12.8. The van der Waals surface area contributed by atoms with Crippen LogP contribution in [0.5, 0.6) is 0 Å². The van der Waals surface area contributed by atoms with Gasteiger partial charge in [-0.05, 0) is 62.4 Å². The van der Waals surface area contributed by atoms with Gasteiger partial charge in [-0.1, -0.05) is 0 Å². The van der Waals surface area contributed by atoms with E-state index in [0.29, 0.717) is 36.0 Å². The molecule has 1 unspecified atom stereocenters. The Kier molecular flexibility index (Phi) is 3.28. The van der Waals surface area contributed by atoms with Crippen LogP contribution in [0.2, 0.25) is 0 Å². The maximum atomic E-state index is 12.8. The Morgan fingerprint density at radius 3 is 2.19 bits per heavy atom. The Bertz CT molecular complexity index is 417. The minimum Gasteiger partial charge on any atom is -0.390 e. The number of carbonyl (C=O) groups is 1. The zero-order chi connectivity index (χ0) is 14.6. The van der Waals surface area contributed by atoms with E-state index in [-0.39, 0.29) is 5.92 Å². The molecule has 2 heterocycles. The van der Waals surface area contributed by atoms with Crippen LogP contribution < -0.4 is 5.32 Å². The van der Waals surface area contributed by atoms with Gasteiger partial charge in [0.2, 0.25) is 5.91 Å². The van der Waals surface area contributed by atoms with Crippen LogP contribution >= 0.6 is 0 Å². The molecule has 1 amide bonds. The number of piperidine rings is 1. The van der Waals surface area contributed by atoms with Crippen LogP contribution in [0.15, 0.2) is 0 Å². The highest BCUT2D eigenvalue weighted by atomic mass is 16.3. The normalized spacial score (nSPS) is 44.7. The summed E-state index contributed by atoms with van der Waals surface area (Å²) < 4.78 is 0. The van der Waals surface area contributed by atoms with Crippen LogP contribution in [0.4, 0.5) is 0 Å². The van der Waals surface area contributed by atoms with Gasteiger partial charge >= 0.3 is 0 Å². The first-order valence-electron chi connectivity index (χ1n) is 8.45. The molecule has 4 aliphatic rings. The van der Waals surface area contributed by atoms with E-state index in [9.17, 15) is 15.0 Å². The van der Waals surface area contributed by atoms with Gasteiger partial charge in [-0.15, -0.1) is 0 Å². The minimum atomic E-state index is -0.599. The van der Waals surface area contributed by atoms with E-state index in [0.717, 1.165) is 45.4 Å². The fourth-order valence-corrected chi connectivity index (χ4v) is 4.98. The van der Waals surface area contributed by atoms with Crippen molar-refractivity contribution in [3.8, 4) is 0 Å². The number of aliphatic hydroxyl groups excluding tert-OH is 2. The number of hydrogen-bond acceptors (Lipinski definition) is 4. The Balaban J connectivity index is 1.39. The summed E-state index contributed by atoms with van der Waals surface area (Å²) in [6.45, 7) is 3.68. The third-order valence-electron chi connectivity index (χ3n) is 6.51. The number of aliphatic hydroxyl groups is 2. The first-order chi connectivity index (χ1) is 10.1. The largest absolute Gasteiger partial charge is 0.390 e. The molecule has 0 bridgehead atoms. The number of rotatable bonds is 1. The van der Waals surface area contributed by atoms with Crippen LogP contribution in [0.3, 0.4) is 0 Å². The fraction of sp³-hybridized carbons (Fsp3) is 0.938. The molecule has 21 heavy (non-hydrogen) atoms. The van der Waals surface area contributed by atoms with Crippen LogP contribution in [0.1, 0.15) is 32.1 Å². The maximum Gasteiger partial charge on any atom is 0.226 e. The van der Waals surface area contributed by atoms with Crippen molar-refractivity contribution in [2.75, 3.05) is 26.2 Å². The van der Waals surface area contributed by atoms with E-state index >= 15 is 0 Å². The first-order valence-corrected chi connectivity index (χ1v) is 8.45. The molecule has 3 N–H and O–H groups in total. The third kappa shape index (κ3) is 2.30. The summed E-state index contributed by atoms with van der Waals surface area (Å²) in [5.41, 5.74) is 0.301. The lowest BCUT2D eigenvalue weighted by Gasteiger charge is -2.31. The zero-order valence-electron chi connectivity index (χ0n) is 12.5. The van der Waals surface area contributed by atoms with Crippen LogP contribution in [-0.4, -0.2) is 59.4 Å². The summed E-state index contributed by atoms with van der Waals surface area (Å²) in [6, 6.07) is 0. The molecule has 1 spiro atoms. The number of likely N-dealkylation sites (tertiary alicyclic amines) is 1. The molecule has 0 aromatic carbocycles. The van der Waals surface area contributed by atoms with Gasteiger partial charge in [0.15, 0.2) is 0 Å². The van der Waals surface area contributed by atoms with Crippen molar-refractivity contribution in [3.63, 3.8) is 0 Å². The van der Waals surface area contributed by atoms with Crippen molar-refractivity contribution in [2.24, 2.45) is 23.2 Å². The Morgan fingerprint density at radius 2 is 1.62 bits per heavy atom. The molecule has 4 rings (SSSR count). The molecule has 2 aliphatic heterocycles. The van der Waals surface area contributed by atoms with Crippen molar-refractivity contribution in [2.45, 2.75) is 44.3 Å². The second-order valence-corrected chi connectivity index (χ2v) is 7.74. The summed E-state index contributed by atoms with van der Waals surface area (Å²) in [5.74, 6) is 1.36. The molecular formula is C16H26N2O3. The van der Waals surface area contributed by atoms with Gasteiger partial charge in [-0.3, -0.25) is 4.79 Å². The standard InChI is InChI=1S/C16H26N2O3/c19-13-5-10-8-18(9-11(10)6-14(13)20)15(21)12-7-16(12)1-3-17-4-2-16/h10-14,17,19-20H,1-9H2/t10-,11+,12?,13+,14-. The number of nitrogens with one attached hydrogen (secondary N) is 1. The number of carbonyl (C=O) groups excluding carboxylic acids is 1. The van der Waals surface area contributed by atoms with E-state index in [1.165, 1.54) is 0 Å². The second-order valence-electron chi connectivity index (χ2n) is 7.74. The summed E-state index contributed by atoms with van der Waals surface area (Å²) in [6.07, 6.45) is 3.45. The van der Waals surface area contributed by atoms with Gasteiger partial charge < -0.3 is 20.4 Å². The average Bonchev–Trinajstić information content (AvgIpc) is 2.99. The molecule has 0 aromatic heterocycles. The lowest BCUT2D eigenvalue weighted by Crippen LogP contribution is -2.38. The van der Waals surface area contributed by atoms with E-state index in [1.54, 1.807) is 0 Å². The molecule has 2 aliphatic carbocycles. The second kappa shape index (κ2) is 4.93. The molecule has 5 heteroatoms. The van der Waals surface area contributed by atoms with E-state index < -0.39 is 12.2 Å². The smallest absolute Gasteiger partial charge is 0.226 e. The molecule has 118 valence electrons. The van der Waals surface area contributed by atoms with Gasteiger partial charge in [-0.2, -0.15) is 0 Å². The molecule has 2 saturated carbocycles. The monoisotopic (exact) mass is 294 g/mol. The summed E-state index contributed by atoms with van der Waals surface area (Å²) >= 11 is 0. The lowest BCUT2D eigenvalue weighted by atomic mass is 9.79. The van der Waals surface area contributed by atoms with Crippen molar-refractivity contribution >= 4 is 5.91 Å². The quantitative estimate of drug-likeness (QED) is 0.635. The number of hydrogen-bond donors (Lipinski definition) is 3. The molecule has 5 atom stereocenters. The van der Waals surface area contributed by atoms with E-state index in [1.807, 2.05) is 4.90 Å². The molecule has 0 radical (unpaired) electrons. The van der Waals surface area contributed by atoms with E-state index in [2.05, 4.69) is 5.32 Å². The highest BCUT2D eigenvalue weighted by Gasteiger charge is 2.59. The number of amides is 1. The number of nitrogens with zero attached hydrogens (tertiary/aromatic N) is 1. The highest BCUT2D eigenvalue weighted by Crippen LogP contribution is 2.59. The minimum absolute atomic E-state index is 0.245. The molecule has 0 aromatic rings. The third-order valence-corrected chi connectivity index (χ3v) is 6.51. The Hall–Kier alpha value is -0.650. The Morgan fingerprint density at radius 1 is 1.05 bits per heavy atom. The molecule has 2 saturated heterocycles. The van der Waals surface area contributed by atoms with Crippen molar-refractivity contribution in [3.05, 3.63) is 0 Å². The summed E-state index contributed by atoms with van der Waals surface area (Å²) in [7, 11) is 0. The number of fused-ring (bicyclic) bond motifs is 1.